The van der Waals surface area contributed by atoms with E-state index >= 15 is 0 Å². The van der Waals surface area contributed by atoms with Crippen LogP contribution in [0.4, 0.5) is 0 Å². The molecule has 0 radical (unpaired) electrons. The molecule has 0 aliphatic carbocycles. The Hall–Kier alpha value is -0.180. The van der Waals surface area contributed by atoms with Gasteiger partial charge in [0.05, 0.1) is 5.37 Å². The summed E-state index contributed by atoms with van der Waals surface area (Å²) in [5, 5.41) is 0.356. The van der Waals surface area contributed by atoms with Gasteiger partial charge >= 0.3 is 0 Å². The standard InChI is InChI=1S/C9H17NOS/c1-4-8-5-6-10(9(8)11)7(2)12-3/h7-8H,4-6H2,1-3H3. The van der Waals surface area contributed by atoms with Crippen LogP contribution in [0.5, 0.6) is 0 Å². The Morgan fingerprint density at radius 3 is 2.83 bits per heavy atom. The largest absolute Gasteiger partial charge is 0.331 e. The number of likely N-dealkylation sites (tertiary alicyclic amines) is 1. The van der Waals surface area contributed by atoms with Gasteiger partial charge < -0.3 is 4.90 Å². The van der Waals surface area contributed by atoms with Crippen molar-refractivity contribution in [2.45, 2.75) is 32.1 Å². The molecule has 0 saturated carbocycles. The predicted molar refractivity (Wildman–Crippen MR) is 53.1 cm³/mol. The minimum absolute atomic E-state index is 0.305. The quantitative estimate of drug-likeness (QED) is 0.673. The summed E-state index contributed by atoms with van der Waals surface area (Å²) in [6.07, 6.45) is 4.11. The molecule has 3 heteroatoms. The van der Waals surface area contributed by atoms with E-state index in [9.17, 15) is 4.79 Å². The number of carbonyl (C=O) groups excluding carboxylic acids is 1. The Balaban J connectivity index is 2.54. The molecule has 1 rings (SSSR count). The van der Waals surface area contributed by atoms with E-state index in [2.05, 4.69) is 20.1 Å². The second-order valence-electron chi connectivity index (χ2n) is 3.26. The van der Waals surface area contributed by atoms with E-state index in [1.807, 2.05) is 4.90 Å². The Kier molecular flexibility index (Phi) is 3.44. The fraction of sp³-hybridized carbons (Fsp3) is 0.889. The average molecular weight is 187 g/mol. The minimum atomic E-state index is 0.305. The molecular weight excluding hydrogens is 170 g/mol. The van der Waals surface area contributed by atoms with Crippen LogP contribution in [0.2, 0.25) is 0 Å². The van der Waals surface area contributed by atoms with Crippen LogP contribution in [0.25, 0.3) is 0 Å². The Morgan fingerprint density at radius 1 is 1.75 bits per heavy atom. The number of nitrogens with zero attached hydrogens (tertiary/aromatic N) is 1. The number of hydrogen-bond donors (Lipinski definition) is 0. The summed E-state index contributed by atoms with van der Waals surface area (Å²) in [6.45, 7) is 5.15. The molecule has 1 heterocycles. The lowest BCUT2D eigenvalue weighted by molar-refractivity contribution is -0.131. The van der Waals surface area contributed by atoms with E-state index in [0.29, 0.717) is 17.2 Å². The molecule has 0 aromatic carbocycles. The molecule has 2 atom stereocenters. The zero-order chi connectivity index (χ0) is 9.14. The van der Waals surface area contributed by atoms with Gasteiger partial charge in [0.1, 0.15) is 0 Å². The lowest BCUT2D eigenvalue weighted by atomic mass is 10.1. The number of carbonyl (C=O) groups is 1. The summed E-state index contributed by atoms with van der Waals surface area (Å²) in [5.41, 5.74) is 0. The van der Waals surface area contributed by atoms with Crippen LogP contribution in [0, 0.1) is 5.92 Å². The first-order valence-corrected chi connectivity index (χ1v) is 5.82. The maximum absolute atomic E-state index is 11.6. The fourth-order valence-corrected chi connectivity index (χ4v) is 2.09. The molecule has 12 heavy (non-hydrogen) atoms. The van der Waals surface area contributed by atoms with Gasteiger partial charge in [-0.15, -0.1) is 11.8 Å². The van der Waals surface area contributed by atoms with E-state index in [1.54, 1.807) is 11.8 Å². The zero-order valence-corrected chi connectivity index (χ0v) is 8.86. The first-order chi connectivity index (χ1) is 5.70. The Labute approximate surface area is 78.7 Å². The van der Waals surface area contributed by atoms with Crippen molar-refractivity contribution in [1.29, 1.82) is 0 Å². The summed E-state index contributed by atoms with van der Waals surface area (Å²) in [5.74, 6) is 0.666. The molecule has 1 saturated heterocycles. The van der Waals surface area contributed by atoms with Crippen LogP contribution < -0.4 is 0 Å². The lowest BCUT2D eigenvalue weighted by Crippen LogP contribution is -2.33. The first kappa shape index (κ1) is 9.90. The van der Waals surface area contributed by atoms with Crippen molar-refractivity contribution in [3.8, 4) is 0 Å². The van der Waals surface area contributed by atoms with Crippen LogP contribution in [-0.4, -0.2) is 29.0 Å². The molecule has 2 nitrogen and oxygen atoms in total. The topological polar surface area (TPSA) is 20.3 Å². The number of rotatable bonds is 3. The number of amides is 1. The molecule has 0 spiro atoms. The third kappa shape index (κ3) is 1.76. The molecule has 1 aliphatic rings. The summed E-state index contributed by atoms with van der Waals surface area (Å²) >= 11 is 1.74. The van der Waals surface area contributed by atoms with Crippen molar-refractivity contribution in [1.82, 2.24) is 4.90 Å². The van der Waals surface area contributed by atoms with E-state index in [4.69, 9.17) is 0 Å². The molecule has 0 bridgehead atoms. The van der Waals surface area contributed by atoms with Crippen LogP contribution in [0.15, 0.2) is 0 Å². The molecule has 0 aromatic rings. The van der Waals surface area contributed by atoms with Crippen molar-refractivity contribution in [2.75, 3.05) is 12.8 Å². The van der Waals surface area contributed by atoms with Gasteiger partial charge in [-0.05, 0) is 26.0 Å². The molecule has 70 valence electrons. The van der Waals surface area contributed by atoms with Crippen molar-refractivity contribution < 1.29 is 4.79 Å². The van der Waals surface area contributed by atoms with E-state index < -0.39 is 0 Å². The van der Waals surface area contributed by atoms with E-state index in [0.717, 1.165) is 19.4 Å². The zero-order valence-electron chi connectivity index (χ0n) is 8.04. The van der Waals surface area contributed by atoms with Gasteiger partial charge in [-0.2, -0.15) is 0 Å². The van der Waals surface area contributed by atoms with E-state index in [-0.39, 0.29) is 0 Å². The van der Waals surface area contributed by atoms with Gasteiger partial charge in [0.25, 0.3) is 0 Å². The summed E-state index contributed by atoms with van der Waals surface area (Å²) in [7, 11) is 0. The van der Waals surface area contributed by atoms with Crippen LogP contribution in [0.3, 0.4) is 0 Å². The maximum Gasteiger partial charge on any atom is 0.226 e. The number of thioether (sulfide) groups is 1. The highest BCUT2D eigenvalue weighted by atomic mass is 32.2. The third-order valence-corrected chi connectivity index (χ3v) is 3.56. The van der Waals surface area contributed by atoms with Gasteiger partial charge in [-0.25, -0.2) is 0 Å². The van der Waals surface area contributed by atoms with Crippen molar-refractivity contribution in [2.24, 2.45) is 5.92 Å². The van der Waals surface area contributed by atoms with Gasteiger partial charge in [-0.3, -0.25) is 4.79 Å². The molecule has 1 aliphatic heterocycles. The van der Waals surface area contributed by atoms with Crippen molar-refractivity contribution >= 4 is 17.7 Å². The van der Waals surface area contributed by atoms with Crippen molar-refractivity contribution in [3.05, 3.63) is 0 Å². The molecular formula is C9H17NOS. The Bertz CT molecular complexity index is 172. The predicted octanol–water partition coefficient (Wildman–Crippen LogP) is 1.95. The third-order valence-electron chi connectivity index (χ3n) is 2.62. The smallest absolute Gasteiger partial charge is 0.226 e. The van der Waals surface area contributed by atoms with Crippen LogP contribution in [-0.2, 0) is 4.79 Å². The first-order valence-electron chi connectivity index (χ1n) is 4.54. The average Bonchev–Trinajstić information content (AvgIpc) is 2.45. The highest BCUT2D eigenvalue weighted by Crippen LogP contribution is 2.25. The monoisotopic (exact) mass is 187 g/mol. The molecule has 0 aromatic heterocycles. The second kappa shape index (κ2) is 4.17. The highest BCUT2D eigenvalue weighted by molar-refractivity contribution is 7.99. The normalized spacial score (nSPS) is 26.4. The number of hydrogen-bond acceptors (Lipinski definition) is 2. The minimum Gasteiger partial charge on any atom is -0.331 e. The molecule has 2 unspecified atom stereocenters. The lowest BCUT2D eigenvalue weighted by Gasteiger charge is -2.22. The fourth-order valence-electron chi connectivity index (χ4n) is 1.63. The Morgan fingerprint density at radius 2 is 2.42 bits per heavy atom. The summed E-state index contributed by atoms with van der Waals surface area (Å²) in [6, 6.07) is 0. The van der Waals surface area contributed by atoms with Gasteiger partial charge in [0.2, 0.25) is 5.91 Å². The molecule has 1 fully saturated rings. The maximum atomic E-state index is 11.6. The summed E-state index contributed by atoms with van der Waals surface area (Å²) < 4.78 is 0. The van der Waals surface area contributed by atoms with Gasteiger partial charge in [0.15, 0.2) is 0 Å². The van der Waals surface area contributed by atoms with Gasteiger partial charge in [0, 0.05) is 12.5 Å². The van der Waals surface area contributed by atoms with Crippen molar-refractivity contribution in [3.63, 3.8) is 0 Å². The van der Waals surface area contributed by atoms with Crippen LogP contribution in [0.1, 0.15) is 26.7 Å². The molecule has 1 amide bonds. The SMILES string of the molecule is CCC1CCN(C(C)SC)C1=O. The highest BCUT2D eigenvalue weighted by Gasteiger charge is 2.32. The molecule has 0 N–H and O–H groups in total. The summed E-state index contributed by atoms with van der Waals surface area (Å²) in [4.78, 5) is 13.6. The van der Waals surface area contributed by atoms with E-state index in [1.165, 1.54) is 0 Å². The van der Waals surface area contributed by atoms with Crippen LogP contribution >= 0.6 is 11.8 Å². The van der Waals surface area contributed by atoms with Gasteiger partial charge in [-0.1, -0.05) is 6.92 Å². The second-order valence-corrected chi connectivity index (χ2v) is 4.41.